The van der Waals surface area contributed by atoms with E-state index in [9.17, 15) is 0 Å². The van der Waals surface area contributed by atoms with Gasteiger partial charge in [0, 0.05) is 48.7 Å². The number of aromatic nitrogens is 3. The molecule has 258 valence electrons. The van der Waals surface area contributed by atoms with Crippen LogP contribution >= 0.6 is 0 Å². The molecule has 0 saturated heterocycles. The van der Waals surface area contributed by atoms with Crippen LogP contribution in [0.25, 0.3) is 126 Å². The molecule has 0 spiro atoms. The second-order valence-electron chi connectivity index (χ2n) is 14.8. The van der Waals surface area contributed by atoms with Crippen molar-refractivity contribution >= 4 is 109 Å². The zero-order valence-electron chi connectivity index (χ0n) is 30.0. The quantitative estimate of drug-likeness (QED) is 0.168. The molecule has 0 amide bonds. The Bertz CT molecular complexity index is 3820. The molecule has 0 saturated carbocycles. The molecule has 0 aliphatic rings. The lowest BCUT2D eigenvalue weighted by atomic mass is 9.89. The van der Waals surface area contributed by atoms with Crippen LogP contribution in [0.4, 0.5) is 0 Å². The largest absolute Gasteiger partial charge is 0.453 e. The Kier molecular flexibility index (Phi) is 5.86. The summed E-state index contributed by atoms with van der Waals surface area (Å²) in [5, 5.41) is 17.3. The van der Waals surface area contributed by atoms with Crippen LogP contribution in [-0.2, 0) is 0 Å². The Morgan fingerprint density at radius 1 is 0.357 bits per heavy atom. The van der Waals surface area contributed by atoms with Crippen LogP contribution in [0.15, 0.2) is 180 Å². The molecule has 4 heteroatoms. The van der Waals surface area contributed by atoms with Crippen molar-refractivity contribution in [2.75, 3.05) is 0 Å². The van der Waals surface area contributed by atoms with Crippen LogP contribution in [0, 0.1) is 0 Å². The van der Waals surface area contributed by atoms with E-state index in [1.807, 2.05) is 6.07 Å². The van der Waals surface area contributed by atoms with Crippen LogP contribution in [0.3, 0.4) is 0 Å². The summed E-state index contributed by atoms with van der Waals surface area (Å²) < 4.78 is 9.67. The smallest absolute Gasteiger partial charge is 0.235 e. The number of benzene rings is 10. The zero-order chi connectivity index (χ0) is 36.5. The molecule has 56 heavy (non-hydrogen) atoms. The van der Waals surface area contributed by atoms with Crippen LogP contribution in [0.2, 0.25) is 0 Å². The fourth-order valence-corrected chi connectivity index (χ4v) is 9.60. The molecular weight excluding hydrogens is 683 g/mol. The number of hydrogen-bond donors (Lipinski definition) is 0. The van der Waals surface area contributed by atoms with Crippen molar-refractivity contribution in [3.63, 3.8) is 0 Å². The maximum absolute atomic E-state index is 7.43. The summed E-state index contributed by atoms with van der Waals surface area (Å²) in [5.74, 6) is 0.609. The fraction of sp³-hybridized carbons (Fsp3) is 0. The fourth-order valence-electron chi connectivity index (χ4n) is 9.60. The highest BCUT2D eigenvalue weighted by atomic mass is 16.3. The summed E-state index contributed by atoms with van der Waals surface area (Å²) in [7, 11) is 0. The van der Waals surface area contributed by atoms with E-state index in [0.29, 0.717) is 5.95 Å². The van der Waals surface area contributed by atoms with Gasteiger partial charge in [-0.15, -0.1) is 0 Å². The molecule has 0 fully saturated rings. The first-order valence-electron chi connectivity index (χ1n) is 19.1. The van der Waals surface area contributed by atoms with Gasteiger partial charge in [-0.05, 0) is 55.9 Å². The van der Waals surface area contributed by atoms with Crippen LogP contribution < -0.4 is 0 Å². The van der Waals surface area contributed by atoms with Gasteiger partial charge in [-0.3, -0.25) is 4.57 Å². The van der Waals surface area contributed by atoms with E-state index in [1.165, 1.54) is 37.7 Å². The Balaban J connectivity index is 1.26. The standard InChI is InChI=1S/C52H29N3O/c1-2-15-31(16-3-1)47-42-27-26-30-14-4-5-17-32(30)48(42)54-52(53-47)55-43-25-13-12-20-35(43)40-28-29-41-45-39-24-11-10-23-38(39)44-36-21-8-6-18-33(36)34-19-7-9-22-37(34)46(44)51(45)56-50(41)49(40)55/h1-29H. The average molecular weight is 712 g/mol. The van der Waals surface area contributed by atoms with E-state index < -0.39 is 0 Å². The van der Waals surface area contributed by atoms with Crippen LogP contribution in [0.5, 0.6) is 0 Å². The molecule has 10 aromatic carbocycles. The second-order valence-corrected chi connectivity index (χ2v) is 14.8. The molecule has 0 atom stereocenters. The maximum Gasteiger partial charge on any atom is 0.235 e. The number of rotatable bonds is 2. The summed E-state index contributed by atoms with van der Waals surface area (Å²) in [6, 6.07) is 62.7. The van der Waals surface area contributed by atoms with E-state index in [1.54, 1.807) is 0 Å². The lowest BCUT2D eigenvalue weighted by Gasteiger charge is -2.13. The lowest BCUT2D eigenvalue weighted by Crippen LogP contribution is -2.04. The SMILES string of the molecule is c1ccc(-c2nc(-n3c4ccccc4c4ccc5c(oc6c5c5ccccc5c5c7ccccc7c7ccccc7c65)c43)nc3c2ccc2ccccc23)cc1. The van der Waals surface area contributed by atoms with Gasteiger partial charge in [-0.25, -0.2) is 9.97 Å². The Labute approximate surface area is 319 Å². The molecule has 3 heterocycles. The van der Waals surface area contributed by atoms with Crippen LogP contribution in [-0.4, -0.2) is 14.5 Å². The monoisotopic (exact) mass is 711 g/mol. The number of hydrogen-bond acceptors (Lipinski definition) is 3. The molecule has 3 aromatic heterocycles. The lowest BCUT2D eigenvalue weighted by molar-refractivity contribution is 0.675. The second kappa shape index (κ2) is 11.0. The van der Waals surface area contributed by atoms with Gasteiger partial charge in [-0.2, -0.15) is 0 Å². The number of furan rings is 1. The van der Waals surface area contributed by atoms with Crippen molar-refractivity contribution in [1.82, 2.24) is 14.5 Å². The van der Waals surface area contributed by atoms with Gasteiger partial charge in [0.15, 0.2) is 5.58 Å². The first-order chi connectivity index (χ1) is 27.8. The van der Waals surface area contributed by atoms with E-state index >= 15 is 0 Å². The highest BCUT2D eigenvalue weighted by molar-refractivity contribution is 6.41. The number of para-hydroxylation sites is 1. The summed E-state index contributed by atoms with van der Waals surface area (Å²) >= 11 is 0. The molecule has 0 aliphatic carbocycles. The number of nitrogens with zero attached hydrogens (tertiary/aromatic N) is 3. The van der Waals surface area contributed by atoms with Crippen molar-refractivity contribution in [3.05, 3.63) is 176 Å². The number of fused-ring (bicyclic) bond motifs is 20. The van der Waals surface area contributed by atoms with Gasteiger partial charge in [0.25, 0.3) is 0 Å². The molecule has 0 aliphatic heterocycles. The molecule has 4 nitrogen and oxygen atoms in total. The Morgan fingerprint density at radius 3 is 1.66 bits per heavy atom. The highest BCUT2D eigenvalue weighted by Gasteiger charge is 2.25. The molecule has 0 radical (unpaired) electrons. The first-order valence-corrected chi connectivity index (χ1v) is 19.1. The summed E-state index contributed by atoms with van der Waals surface area (Å²) in [5.41, 5.74) is 6.57. The van der Waals surface area contributed by atoms with E-state index in [2.05, 4.69) is 174 Å². The van der Waals surface area contributed by atoms with E-state index in [-0.39, 0.29) is 0 Å². The summed E-state index contributed by atoms with van der Waals surface area (Å²) in [6.07, 6.45) is 0. The van der Waals surface area contributed by atoms with Gasteiger partial charge in [0.05, 0.1) is 16.7 Å². The third-order valence-corrected chi connectivity index (χ3v) is 11.9. The van der Waals surface area contributed by atoms with Crippen molar-refractivity contribution in [2.24, 2.45) is 0 Å². The molecule has 13 aromatic rings. The van der Waals surface area contributed by atoms with Gasteiger partial charge in [-0.1, -0.05) is 158 Å². The van der Waals surface area contributed by atoms with Crippen molar-refractivity contribution in [1.29, 1.82) is 0 Å². The van der Waals surface area contributed by atoms with Crippen molar-refractivity contribution in [3.8, 4) is 17.2 Å². The predicted molar refractivity (Wildman–Crippen MR) is 234 cm³/mol. The third-order valence-electron chi connectivity index (χ3n) is 11.9. The predicted octanol–water partition coefficient (Wildman–Crippen LogP) is 14.1. The topological polar surface area (TPSA) is 43.9 Å². The summed E-state index contributed by atoms with van der Waals surface area (Å²) in [4.78, 5) is 10.9. The zero-order valence-corrected chi connectivity index (χ0v) is 30.0. The Hall–Kier alpha value is -7.56. The average Bonchev–Trinajstić information content (AvgIpc) is 3.83. The third kappa shape index (κ3) is 3.87. The van der Waals surface area contributed by atoms with Gasteiger partial charge < -0.3 is 4.42 Å². The van der Waals surface area contributed by atoms with Crippen molar-refractivity contribution < 1.29 is 4.42 Å². The van der Waals surface area contributed by atoms with Gasteiger partial charge >= 0.3 is 0 Å². The normalized spacial score (nSPS) is 12.3. The first kappa shape index (κ1) is 29.8. The molecule has 0 bridgehead atoms. The van der Waals surface area contributed by atoms with Gasteiger partial charge in [0.2, 0.25) is 5.95 Å². The summed E-state index contributed by atoms with van der Waals surface area (Å²) in [6.45, 7) is 0. The Morgan fingerprint density at radius 2 is 0.911 bits per heavy atom. The molecule has 0 unspecified atom stereocenters. The van der Waals surface area contributed by atoms with Gasteiger partial charge in [0.1, 0.15) is 11.1 Å². The molecule has 0 N–H and O–H groups in total. The molecular formula is C52H29N3O. The minimum Gasteiger partial charge on any atom is -0.453 e. The highest BCUT2D eigenvalue weighted by Crippen LogP contribution is 2.49. The van der Waals surface area contributed by atoms with E-state index in [4.69, 9.17) is 14.4 Å². The maximum atomic E-state index is 7.43. The minimum absolute atomic E-state index is 0.609. The molecule has 13 rings (SSSR count). The minimum atomic E-state index is 0.609. The van der Waals surface area contributed by atoms with Crippen molar-refractivity contribution in [2.45, 2.75) is 0 Å². The van der Waals surface area contributed by atoms with E-state index in [0.717, 1.165) is 82.1 Å². The van der Waals surface area contributed by atoms with Crippen LogP contribution in [0.1, 0.15) is 0 Å².